The number of likely N-dealkylation sites (N-methyl/N-ethyl adjacent to an activating group) is 1. The van der Waals surface area contributed by atoms with Crippen LogP contribution >= 0.6 is 0 Å². The van der Waals surface area contributed by atoms with Crippen molar-refractivity contribution in [3.05, 3.63) is 56.6 Å². The van der Waals surface area contributed by atoms with Gasteiger partial charge in [-0.25, -0.2) is 14.3 Å². The van der Waals surface area contributed by atoms with E-state index in [4.69, 9.17) is 11.5 Å². The summed E-state index contributed by atoms with van der Waals surface area (Å²) in [7, 11) is 3.42. The zero-order valence-corrected chi connectivity index (χ0v) is 20.8. The number of anilines is 2. The first-order valence-electron chi connectivity index (χ1n) is 11.2. The van der Waals surface area contributed by atoms with Crippen molar-refractivity contribution in [1.82, 2.24) is 18.9 Å². The minimum absolute atomic E-state index is 0.0912. The number of aryl methyl sites for hydroxylation is 1. The molecule has 0 aliphatic carbocycles. The number of aromatic nitrogens is 4. The molecule has 0 saturated carbocycles. The lowest BCUT2D eigenvalue weighted by Crippen LogP contribution is -2.38. The maximum Gasteiger partial charge on any atom is 0.293 e. The maximum atomic E-state index is 13.6. The van der Waals surface area contributed by atoms with Crippen molar-refractivity contribution < 1.29 is 0 Å². The highest BCUT2D eigenvalue weighted by Crippen LogP contribution is 2.24. The fraction of sp³-hybridized carbons (Fsp3) is 0.417. The quantitative estimate of drug-likeness (QED) is 0.386. The van der Waals surface area contributed by atoms with Gasteiger partial charge in [-0.3, -0.25) is 14.6 Å². The van der Waals surface area contributed by atoms with Crippen LogP contribution in [0.25, 0.3) is 11.0 Å². The topological polar surface area (TPSA) is 129 Å². The molecule has 3 aromatic rings. The second-order valence-corrected chi connectivity index (χ2v) is 8.77. The molecule has 182 valence electrons. The van der Waals surface area contributed by atoms with E-state index in [1.165, 1.54) is 9.36 Å². The van der Waals surface area contributed by atoms with E-state index in [1.54, 1.807) is 23.7 Å². The second-order valence-electron chi connectivity index (χ2n) is 8.77. The van der Waals surface area contributed by atoms with Gasteiger partial charge in [0.1, 0.15) is 5.52 Å². The molecule has 10 heteroatoms. The Morgan fingerprint density at radius 1 is 1.26 bits per heavy atom. The second kappa shape index (κ2) is 9.68. The monoisotopic (exact) mass is 466 g/mol. The number of allylic oxidation sites excluding steroid dienone is 1. The molecule has 0 bridgehead atoms. The van der Waals surface area contributed by atoms with Crippen LogP contribution in [0.15, 0.2) is 44.9 Å². The molecule has 1 unspecified atom stereocenters. The van der Waals surface area contributed by atoms with Gasteiger partial charge in [0.2, 0.25) is 5.95 Å². The summed E-state index contributed by atoms with van der Waals surface area (Å²) >= 11 is 0. The Kier molecular flexibility index (Phi) is 7.11. The summed E-state index contributed by atoms with van der Waals surface area (Å²) in [5.41, 5.74) is 15.5. The van der Waals surface area contributed by atoms with Gasteiger partial charge < -0.3 is 20.9 Å². The van der Waals surface area contributed by atoms with Crippen LogP contribution in [0.3, 0.4) is 0 Å². The molecule has 34 heavy (non-hydrogen) atoms. The van der Waals surface area contributed by atoms with E-state index in [1.807, 2.05) is 45.7 Å². The number of fused-ring (bicyclic) bond motifs is 1. The molecular weight excluding hydrogens is 432 g/mol. The molecule has 0 aliphatic rings. The lowest BCUT2D eigenvalue weighted by atomic mass is 10.1. The molecule has 10 nitrogen and oxygen atoms in total. The zero-order chi connectivity index (χ0) is 25.3. The van der Waals surface area contributed by atoms with Crippen LogP contribution in [-0.4, -0.2) is 44.3 Å². The highest BCUT2D eigenvalue weighted by Gasteiger charge is 2.22. The average Bonchev–Trinajstić information content (AvgIpc) is 3.16. The number of benzene rings is 1. The van der Waals surface area contributed by atoms with E-state index >= 15 is 0 Å². The number of nitrogen functional groups attached to an aromatic ring is 1. The van der Waals surface area contributed by atoms with Crippen molar-refractivity contribution in [2.24, 2.45) is 17.8 Å². The van der Waals surface area contributed by atoms with Crippen LogP contribution in [0.5, 0.6) is 0 Å². The van der Waals surface area contributed by atoms with Gasteiger partial charge in [0, 0.05) is 38.9 Å². The molecule has 0 saturated heterocycles. The SMILES string of the molecule is C=C(C)C(C)=Nc1ccc(Cn2c(=O)c3c(nc(N(C)CC(C)N)n3CC)c(=O)n2C)cc1N. The van der Waals surface area contributed by atoms with Crippen molar-refractivity contribution in [2.75, 3.05) is 24.2 Å². The van der Waals surface area contributed by atoms with Gasteiger partial charge in [-0.15, -0.1) is 0 Å². The Balaban J connectivity index is 2.12. The van der Waals surface area contributed by atoms with E-state index in [-0.39, 0.29) is 34.7 Å². The summed E-state index contributed by atoms with van der Waals surface area (Å²) in [5.74, 6) is 0.543. The first-order chi connectivity index (χ1) is 16.0. The molecule has 0 amide bonds. The molecule has 0 spiro atoms. The normalized spacial score (nSPS) is 12.9. The van der Waals surface area contributed by atoms with Crippen LogP contribution in [0.2, 0.25) is 0 Å². The molecular formula is C24H34N8O2. The minimum atomic E-state index is -0.344. The van der Waals surface area contributed by atoms with Gasteiger partial charge in [0.05, 0.1) is 17.9 Å². The highest BCUT2D eigenvalue weighted by molar-refractivity contribution is 5.99. The molecule has 2 aromatic heterocycles. The number of rotatable bonds is 8. The van der Waals surface area contributed by atoms with Gasteiger partial charge in [-0.2, -0.15) is 0 Å². The third-order valence-electron chi connectivity index (χ3n) is 5.79. The summed E-state index contributed by atoms with van der Waals surface area (Å²) in [6.45, 7) is 12.6. The van der Waals surface area contributed by atoms with Crippen LogP contribution < -0.4 is 27.5 Å². The summed E-state index contributed by atoms with van der Waals surface area (Å²) in [6, 6.07) is 5.33. The Bertz CT molecular complexity index is 1390. The van der Waals surface area contributed by atoms with Crippen molar-refractivity contribution in [3.63, 3.8) is 0 Å². The van der Waals surface area contributed by atoms with Gasteiger partial charge in [-0.1, -0.05) is 12.6 Å². The Labute approximate surface area is 198 Å². The minimum Gasteiger partial charge on any atom is -0.397 e. The predicted octanol–water partition coefficient (Wildman–Crippen LogP) is 2.00. The van der Waals surface area contributed by atoms with E-state index < -0.39 is 0 Å². The number of aliphatic imine (C=N–C) groups is 1. The van der Waals surface area contributed by atoms with Gasteiger partial charge in [0.15, 0.2) is 5.52 Å². The van der Waals surface area contributed by atoms with Gasteiger partial charge >= 0.3 is 0 Å². The fourth-order valence-corrected chi connectivity index (χ4v) is 3.86. The molecule has 1 atom stereocenters. The summed E-state index contributed by atoms with van der Waals surface area (Å²) in [4.78, 5) is 37.6. The van der Waals surface area contributed by atoms with Crippen molar-refractivity contribution in [3.8, 4) is 0 Å². The molecule has 0 aliphatic heterocycles. The largest absolute Gasteiger partial charge is 0.397 e. The predicted molar refractivity (Wildman–Crippen MR) is 139 cm³/mol. The number of hydrogen-bond donors (Lipinski definition) is 2. The summed E-state index contributed by atoms with van der Waals surface area (Å²) < 4.78 is 4.48. The summed E-state index contributed by atoms with van der Waals surface area (Å²) in [5, 5.41) is 0. The van der Waals surface area contributed by atoms with Crippen LogP contribution in [-0.2, 0) is 20.1 Å². The smallest absolute Gasteiger partial charge is 0.293 e. The maximum absolute atomic E-state index is 13.6. The Hall–Kier alpha value is -3.66. The standard InChI is InChI=1S/C24H34N8O2/c1-8-31-21-20(28-24(31)29(6)12-15(4)25)22(33)30(7)32(23(21)34)13-17-9-10-19(18(26)11-17)27-16(5)14(2)3/h9-11,15H,2,8,12-13,25-26H2,1,3-7H3. The van der Waals surface area contributed by atoms with E-state index in [0.29, 0.717) is 30.4 Å². The lowest BCUT2D eigenvalue weighted by Gasteiger charge is -2.21. The van der Waals surface area contributed by atoms with E-state index in [2.05, 4.69) is 16.6 Å². The van der Waals surface area contributed by atoms with Gasteiger partial charge in [-0.05, 0) is 51.0 Å². The first kappa shape index (κ1) is 25.0. The van der Waals surface area contributed by atoms with E-state index in [0.717, 1.165) is 16.8 Å². The molecule has 1 aromatic carbocycles. The molecule has 0 radical (unpaired) electrons. The number of hydrogen-bond acceptors (Lipinski definition) is 7. The van der Waals surface area contributed by atoms with Gasteiger partial charge in [0.25, 0.3) is 11.1 Å². The lowest BCUT2D eigenvalue weighted by molar-refractivity contribution is 0.502. The third-order valence-corrected chi connectivity index (χ3v) is 5.79. The third kappa shape index (κ3) is 4.67. The fourth-order valence-electron chi connectivity index (χ4n) is 3.86. The number of nitrogens with two attached hydrogens (primary N) is 2. The highest BCUT2D eigenvalue weighted by atomic mass is 16.2. The van der Waals surface area contributed by atoms with Crippen LogP contribution in [0.4, 0.5) is 17.3 Å². The average molecular weight is 467 g/mol. The summed E-state index contributed by atoms with van der Waals surface area (Å²) in [6.07, 6.45) is 0. The van der Waals surface area contributed by atoms with Crippen molar-refractivity contribution in [1.29, 1.82) is 0 Å². The van der Waals surface area contributed by atoms with Crippen LogP contribution in [0.1, 0.15) is 33.3 Å². The Morgan fingerprint density at radius 3 is 2.50 bits per heavy atom. The van der Waals surface area contributed by atoms with Crippen LogP contribution in [0, 0.1) is 0 Å². The molecule has 0 fully saturated rings. The number of imidazole rings is 1. The van der Waals surface area contributed by atoms with E-state index in [9.17, 15) is 9.59 Å². The number of nitrogens with zero attached hydrogens (tertiary/aromatic N) is 6. The molecule has 2 heterocycles. The first-order valence-corrected chi connectivity index (χ1v) is 11.2. The Morgan fingerprint density at radius 2 is 1.94 bits per heavy atom. The van der Waals surface area contributed by atoms with Crippen molar-refractivity contribution >= 4 is 34.1 Å². The molecule has 3 rings (SSSR count). The molecule has 4 N–H and O–H groups in total. The van der Waals surface area contributed by atoms with Crippen molar-refractivity contribution in [2.45, 2.75) is 46.8 Å². The zero-order valence-electron chi connectivity index (χ0n) is 20.8.